The molecule has 36 heavy (non-hydrogen) atoms. The Hall–Kier alpha value is -3.83. The zero-order valence-corrected chi connectivity index (χ0v) is 19.1. The van der Waals surface area contributed by atoms with Crippen LogP contribution in [0.15, 0.2) is 55.0 Å². The molecule has 0 spiro atoms. The van der Waals surface area contributed by atoms with Gasteiger partial charge in [0.1, 0.15) is 5.69 Å². The highest BCUT2D eigenvalue weighted by atomic mass is 19.4. The highest BCUT2D eigenvalue weighted by Gasteiger charge is 2.32. The summed E-state index contributed by atoms with van der Waals surface area (Å²) in [6, 6.07) is 9.58. The van der Waals surface area contributed by atoms with Gasteiger partial charge in [-0.05, 0) is 54.3 Å². The number of rotatable bonds is 5. The molecular weight excluding hydrogens is 473 g/mol. The van der Waals surface area contributed by atoms with E-state index in [9.17, 15) is 23.1 Å². The van der Waals surface area contributed by atoms with Crippen molar-refractivity contribution >= 4 is 22.5 Å². The minimum absolute atomic E-state index is 0.0308. The van der Waals surface area contributed by atoms with Crippen LogP contribution in [0.1, 0.15) is 34.6 Å². The highest BCUT2D eigenvalue weighted by molar-refractivity contribution is 6.11. The summed E-state index contributed by atoms with van der Waals surface area (Å²) >= 11 is 0. The number of anilines is 1. The van der Waals surface area contributed by atoms with Crippen molar-refractivity contribution in [2.75, 3.05) is 18.4 Å². The molecule has 0 unspecified atom stereocenters. The molecule has 1 amide bonds. The number of aromatic amines is 1. The number of alkyl halides is 3. The van der Waals surface area contributed by atoms with Crippen molar-refractivity contribution in [3.8, 4) is 11.1 Å². The highest BCUT2D eigenvalue weighted by Crippen LogP contribution is 2.30. The molecule has 1 saturated heterocycles. The molecular formula is C25H23F3N6O2. The maximum atomic E-state index is 13.0. The topological polar surface area (TPSA) is 107 Å². The van der Waals surface area contributed by atoms with Gasteiger partial charge in [-0.1, -0.05) is 6.07 Å². The minimum Gasteiger partial charge on any atom is -0.393 e. The van der Waals surface area contributed by atoms with Gasteiger partial charge >= 0.3 is 6.18 Å². The van der Waals surface area contributed by atoms with Gasteiger partial charge in [-0.2, -0.15) is 18.3 Å². The summed E-state index contributed by atoms with van der Waals surface area (Å²) in [6.45, 7) is 2.38. The molecule has 1 aliphatic rings. The Labute approximate surface area is 204 Å². The van der Waals surface area contributed by atoms with E-state index in [1.165, 1.54) is 6.07 Å². The first-order valence-corrected chi connectivity index (χ1v) is 11.4. The Morgan fingerprint density at radius 1 is 1.11 bits per heavy atom. The number of aromatic nitrogens is 4. The van der Waals surface area contributed by atoms with E-state index in [0.717, 1.165) is 61.4 Å². The number of nitrogens with zero attached hydrogens (tertiary/aromatic N) is 4. The number of pyridine rings is 2. The van der Waals surface area contributed by atoms with E-state index < -0.39 is 17.8 Å². The van der Waals surface area contributed by atoms with Gasteiger partial charge in [0.05, 0.1) is 11.6 Å². The normalized spacial score (nSPS) is 15.3. The molecule has 8 nitrogen and oxygen atoms in total. The maximum Gasteiger partial charge on any atom is 0.433 e. The van der Waals surface area contributed by atoms with Crippen LogP contribution in [0.25, 0.3) is 22.0 Å². The van der Waals surface area contributed by atoms with Crippen LogP contribution in [0.4, 0.5) is 18.9 Å². The molecule has 0 radical (unpaired) electrons. The van der Waals surface area contributed by atoms with Crippen LogP contribution in [-0.2, 0) is 12.7 Å². The molecule has 11 heteroatoms. The first-order valence-electron chi connectivity index (χ1n) is 11.4. The standard InChI is InChI=1S/C25H23F3N6O2/c26-25(27,28)22-11-18(3-6-30-22)31-24(36)23-20-10-16(1-2-21(20)32-33-23)17-9-15(12-29-13-17)14-34-7-4-19(35)5-8-34/h1-3,6,9-13,19,35H,4-5,7-8,14H2,(H,32,33)(H,30,31,36). The number of amides is 1. The Balaban J connectivity index is 1.37. The van der Waals surface area contributed by atoms with E-state index in [2.05, 4.69) is 30.4 Å². The number of benzene rings is 1. The number of carbonyl (C=O) groups is 1. The van der Waals surface area contributed by atoms with Crippen LogP contribution in [0, 0.1) is 0 Å². The largest absolute Gasteiger partial charge is 0.433 e. The predicted molar refractivity (Wildman–Crippen MR) is 127 cm³/mol. The second kappa shape index (κ2) is 9.67. The van der Waals surface area contributed by atoms with Gasteiger partial charge in [-0.25, -0.2) is 0 Å². The van der Waals surface area contributed by atoms with Crippen LogP contribution >= 0.6 is 0 Å². The summed E-state index contributed by atoms with van der Waals surface area (Å²) in [5.41, 5.74) is 2.28. The lowest BCUT2D eigenvalue weighted by Crippen LogP contribution is -2.35. The summed E-state index contributed by atoms with van der Waals surface area (Å²) in [5, 5.41) is 19.6. The quantitative estimate of drug-likeness (QED) is 0.382. The molecule has 1 aliphatic heterocycles. The lowest BCUT2D eigenvalue weighted by atomic mass is 10.0. The lowest BCUT2D eigenvalue weighted by Gasteiger charge is -2.29. The van der Waals surface area contributed by atoms with Crippen LogP contribution in [0.3, 0.4) is 0 Å². The van der Waals surface area contributed by atoms with Crippen molar-refractivity contribution in [1.82, 2.24) is 25.1 Å². The molecule has 186 valence electrons. The van der Waals surface area contributed by atoms with E-state index in [1.54, 1.807) is 18.3 Å². The van der Waals surface area contributed by atoms with Gasteiger partial charge in [-0.3, -0.25) is 24.8 Å². The van der Waals surface area contributed by atoms with Crippen molar-refractivity contribution in [2.45, 2.75) is 31.7 Å². The predicted octanol–water partition coefficient (Wildman–Crippen LogP) is 4.25. The summed E-state index contributed by atoms with van der Waals surface area (Å²) in [4.78, 5) is 22.8. The number of likely N-dealkylation sites (tertiary alicyclic amines) is 1. The smallest absolute Gasteiger partial charge is 0.393 e. The zero-order valence-electron chi connectivity index (χ0n) is 19.1. The second-order valence-corrected chi connectivity index (χ2v) is 8.80. The van der Waals surface area contributed by atoms with Crippen molar-refractivity contribution in [3.05, 3.63) is 71.9 Å². The number of piperidine rings is 1. The first-order chi connectivity index (χ1) is 17.3. The number of nitrogens with one attached hydrogen (secondary N) is 2. The number of aliphatic hydroxyl groups is 1. The van der Waals surface area contributed by atoms with E-state index in [0.29, 0.717) is 10.9 Å². The molecule has 3 aromatic heterocycles. The summed E-state index contributed by atoms with van der Waals surface area (Å²) in [6.07, 6.45) is 1.20. The second-order valence-electron chi connectivity index (χ2n) is 8.80. The third-order valence-electron chi connectivity index (χ3n) is 6.18. The molecule has 4 aromatic rings. The SMILES string of the molecule is O=C(Nc1ccnc(C(F)(F)F)c1)c1n[nH]c2ccc(-c3cncc(CN4CCC(O)CC4)c3)cc12. The van der Waals surface area contributed by atoms with E-state index >= 15 is 0 Å². The zero-order chi connectivity index (χ0) is 25.3. The van der Waals surface area contributed by atoms with Gasteiger partial charge in [0.2, 0.25) is 0 Å². The Morgan fingerprint density at radius 3 is 2.69 bits per heavy atom. The summed E-state index contributed by atoms with van der Waals surface area (Å²) in [7, 11) is 0. The number of hydrogen-bond donors (Lipinski definition) is 3. The van der Waals surface area contributed by atoms with Gasteiger partial charge in [-0.15, -0.1) is 0 Å². The fraction of sp³-hybridized carbons (Fsp3) is 0.280. The third kappa shape index (κ3) is 5.21. The molecule has 4 heterocycles. The average molecular weight is 496 g/mol. The number of aliphatic hydroxyl groups excluding tert-OH is 1. The number of H-pyrrole nitrogens is 1. The monoisotopic (exact) mass is 496 g/mol. The summed E-state index contributed by atoms with van der Waals surface area (Å²) in [5.74, 6) is -0.642. The Bertz CT molecular complexity index is 1400. The fourth-order valence-corrected chi connectivity index (χ4v) is 4.29. The number of hydrogen-bond acceptors (Lipinski definition) is 6. The van der Waals surface area contributed by atoms with E-state index in [1.807, 2.05) is 18.3 Å². The number of carbonyl (C=O) groups excluding carboxylic acids is 1. The van der Waals surface area contributed by atoms with Crippen LogP contribution in [-0.4, -0.2) is 55.3 Å². The molecule has 5 rings (SSSR count). The average Bonchev–Trinajstić information content (AvgIpc) is 3.29. The van der Waals surface area contributed by atoms with E-state index in [4.69, 9.17) is 0 Å². The molecule has 1 fully saturated rings. The Kier molecular flexibility index (Phi) is 6.42. The molecule has 0 saturated carbocycles. The molecule has 0 bridgehead atoms. The molecule has 3 N–H and O–H groups in total. The van der Waals surface area contributed by atoms with Gasteiger partial charge < -0.3 is 10.4 Å². The van der Waals surface area contributed by atoms with Gasteiger partial charge in [0.15, 0.2) is 5.69 Å². The lowest BCUT2D eigenvalue weighted by molar-refractivity contribution is -0.141. The minimum atomic E-state index is -4.62. The van der Waals surface area contributed by atoms with Crippen molar-refractivity contribution in [3.63, 3.8) is 0 Å². The fourth-order valence-electron chi connectivity index (χ4n) is 4.29. The van der Waals surface area contributed by atoms with Crippen LogP contribution in [0.5, 0.6) is 0 Å². The first kappa shape index (κ1) is 23.9. The maximum absolute atomic E-state index is 13.0. The van der Waals surface area contributed by atoms with Crippen molar-refractivity contribution < 1.29 is 23.1 Å². The van der Waals surface area contributed by atoms with Gasteiger partial charge in [0.25, 0.3) is 5.91 Å². The molecule has 1 aromatic carbocycles. The summed E-state index contributed by atoms with van der Waals surface area (Å²) < 4.78 is 38.9. The van der Waals surface area contributed by atoms with E-state index in [-0.39, 0.29) is 17.5 Å². The Morgan fingerprint density at radius 2 is 1.92 bits per heavy atom. The van der Waals surface area contributed by atoms with Crippen molar-refractivity contribution in [1.29, 1.82) is 0 Å². The van der Waals surface area contributed by atoms with Crippen LogP contribution in [0.2, 0.25) is 0 Å². The number of halogens is 3. The third-order valence-corrected chi connectivity index (χ3v) is 6.18. The van der Waals surface area contributed by atoms with Gasteiger partial charge in [0, 0.05) is 54.9 Å². The molecule has 0 atom stereocenters. The number of fused-ring (bicyclic) bond motifs is 1. The van der Waals surface area contributed by atoms with Crippen LogP contribution < -0.4 is 5.32 Å². The van der Waals surface area contributed by atoms with Crippen molar-refractivity contribution in [2.24, 2.45) is 0 Å². The molecule has 0 aliphatic carbocycles.